The third kappa shape index (κ3) is 3.61. The van der Waals surface area contributed by atoms with Gasteiger partial charge in [0, 0.05) is 18.0 Å². The molecule has 0 spiro atoms. The number of hydrogen-bond donors (Lipinski definition) is 0. The third-order valence-corrected chi connectivity index (χ3v) is 2.71. The maximum Gasteiger partial charge on any atom is 0.159 e. The Labute approximate surface area is 111 Å². The van der Waals surface area contributed by atoms with Gasteiger partial charge in [-0.25, -0.2) is 14.4 Å². The molecule has 0 saturated carbocycles. The zero-order valence-electron chi connectivity index (χ0n) is 10.7. The molecule has 4 heteroatoms. The van der Waals surface area contributed by atoms with E-state index in [1.54, 1.807) is 18.5 Å². The van der Waals surface area contributed by atoms with Crippen molar-refractivity contribution in [2.45, 2.75) is 13.3 Å². The van der Waals surface area contributed by atoms with Crippen LogP contribution in [0.25, 0.3) is 11.4 Å². The maximum atomic E-state index is 12.4. The Morgan fingerprint density at radius 2 is 1.89 bits per heavy atom. The van der Waals surface area contributed by atoms with Gasteiger partial charge in [-0.05, 0) is 42.3 Å². The van der Waals surface area contributed by atoms with Crippen LogP contribution < -0.4 is 4.74 Å². The first-order valence-corrected chi connectivity index (χ1v) is 6.12. The van der Waals surface area contributed by atoms with Gasteiger partial charge < -0.3 is 4.74 Å². The highest BCUT2D eigenvalue weighted by Crippen LogP contribution is 2.19. The number of aromatic nitrogens is 2. The van der Waals surface area contributed by atoms with Crippen LogP contribution in [0.1, 0.15) is 13.3 Å². The number of nitrogens with zero attached hydrogens (tertiary/aromatic N) is 2. The number of ether oxygens (including phenoxy) is 1. The Bertz CT molecular complexity index is 538. The molecule has 2 rings (SSSR count). The van der Waals surface area contributed by atoms with Crippen molar-refractivity contribution in [1.82, 2.24) is 9.97 Å². The van der Waals surface area contributed by atoms with Gasteiger partial charge in [-0.3, -0.25) is 0 Å². The Morgan fingerprint density at radius 3 is 2.47 bits per heavy atom. The number of halogens is 1. The van der Waals surface area contributed by atoms with Gasteiger partial charge in [0.2, 0.25) is 0 Å². The van der Waals surface area contributed by atoms with E-state index in [1.165, 1.54) is 0 Å². The predicted molar refractivity (Wildman–Crippen MR) is 72.4 cm³/mol. The van der Waals surface area contributed by atoms with E-state index in [9.17, 15) is 4.39 Å². The van der Waals surface area contributed by atoms with E-state index in [0.717, 1.165) is 5.56 Å². The fourth-order valence-electron chi connectivity index (χ4n) is 1.54. The first-order valence-electron chi connectivity index (χ1n) is 6.12. The lowest BCUT2D eigenvalue weighted by atomic mass is 10.2. The molecule has 19 heavy (non-hydrogen) atoms. The summed E-state index contributed by atoms with van der Waals surface area (Å²) in [6.07, 6.45) is 4.65. The maximum absolute atomic E-state index is 12.4. The van der Waals surface area contributed by atoms with E-state index < -0.39 is 0 Å². The molecule has 0 radical (unpaired) electrons. The Balaban J connectivity index is 2.03. The molecule has 3 nitrogen and oxygen atoms in total. The molecule has 98 valence electrons. The van der Waals surface area contributed by atoms with Crippen molar-refractivity contribution in [3.05, 3.63) is 54.6 Å². The van der Waals surface area contributed by atoms with Crippen LogP contribution in [0.5, 0.6) is 5.75 Å². The summed E-state index contributed by atoms with van der Waals surface area (Å²) in [7, 11) is 0. The van der Waals surface area contributed by atoms with Gasteiger partial charge in [-0.2, -0.15) is 0 Å². The van der Waals surface area contributed by atoms with Crippen LogP contribution in [0.3, 0.4) is 0 Å². The van der Waals surface area contributed by atoms with Gasteiger partial charge in [0.05, 0.1) is 6.33 Å². The van der Waals surface area contributed by atoms with E-state index in [-0.39, 0.29) is 6.61 Å². The fourth-order valence-corrected chi connectivity index (χ4v) is 1.54. The fraction of sp³-hybridized carbons (Fsp3) is 0.200. The van der Waals surface area contributed by atoms with Crippen molar-refractivity contribution in [3.8, 4) is 17.1 Å². The second-order valence-corrected chi connectivity index (χ2v) is 4.01. The van der Waals surface area contributed by atoms with Crippen LogP contribution in [0, 0.1) is 0 Å². The van der Waals surface area contributed by atoms with Crippen molar-refractivity contribution < 1.29 is 9.13 Å². The van der Waals surface area contributed by atoms with Gasteiger partial charge in [0.25, 0.3) is 0 Å². The first-order chi connectivity index (χ1) is 9.33. The molecule has 0 amide bonds. The average molecular weight is 258 g/mol. The molecule has 1 aromatic carbocycles. The summed E-state index contributed by atoms with van der Waals surface area (Å²) < 4.78 is 17.9. The monoisotopic (exact) mass is 258 g/mol. The van der Waals surface area contributed by atoms with Crippen molar-refractivity contribution in [2.75, 3.05) is 6.61 Å². The molecule has 0 aliphatic carbocycles. The number of hydrogen-bond acceptors (Lipinski definition) is 3. The average Bonchev–Trinajstić information content (AvgIpc) is 2.50. The van der Waals surface area contributed by atoms with Crippen molar-refractivity contribution in [3.63, 3.8) is 0 Å². The van der Waals surface area contributed by atoms with Crippen LogP contribution in [0.4, 0.5) is 4.39 Å². The van der Waals surface area contributed by atoms with Crippen molar-refractivity contribution in [1.29, 1.82) is 0 Å². The van der Waals surface area contributed by atoms with Gasteiger partial charge in [0.1, 0.15) is 12.4 Å². The zero-order chi connectivity index (χ0) is 13.5. The summed E-state index contributed by atoms with van der Waals surface area (Å²) in [4.78, 5) is 8.34. The normalized spacial score (nSPS) is 11.4. The lowest BCUT2D eigenvalue weighted by Crippen LogP contribution is -2.00. The summed E-state index contributed by atoms with van der Waals surface area (Å²) in [6, 6.07) is 9.20. The second-order valence-electron chi connectivity index (χ2n) is 4.01. The van der Waals surface area contributed by atoms with E-state index in [0.29, 0.717) is 29.9 Å². The topological polar surface area (TPSA) is 35.0 Å². The highest BCUT2D eigenvalue weighted by molar-refractivity contribution is 5.55. The number of rotatable bonds is 5. The van der Waals surface area contributed by atoms with E-state index in [1.807, 2.05) is 31.2 Å². The standard InChI is InChI=1S/C15H15FN2O/c1-2-12(10-16)11-19-14-6-4-13(5-7-14)15-17-8-3-9-18-15/h3-10H,2,11H2,1H3. The quantitative estimate of drug-likeness (QED) is 0.818. The summed E-state index contributed by atoms with van der Waals surface area (Å²) in [6.45, 7) is 2.17. The van der Waals surface area contributed by atoms with Crippen LogP contribution in [-0.4, -0.2) is 16.6 Å². The molecule has 0 unspecified atom stereocenters. The van der Waals surface area contributed by atoms with Crippen LogP contribution in [-0.2, 0) is 0 Å². The lowest BCUT2D eigenvalue weighted by Gasteiger charge is -2.07. The molecule has 0 bridgehead atoms. The van der Waals surface area contributed by atoms with Crippen molar-refractivity contribution >= 4 is 0 Å². The Morgan fingerprint density at radius 1 is 1.21 bits per heavy atom. The Hall–Kier alpha value is -2.23. The minimum Gasteiger partial charge on any atom is -0.489 e. The highest BCUT2D eigenvalue weighted by atomic mass is 19.1. The molecule has 0 saturated heterocycles. The molecular weight excluding hydrogens is 243 g/mol. The minimum absolute atomic E-state index is 0.272. The molecule has 0 atom stereocenters. The second kappa shape index (κ2) is 6.64. The predicted octanol–water partition coefficient (Wildman–Crippen LogP) is 3.79. The molecule has 1 heterocycles. The molecule has 2 aromatic rings. The van der Waals surface area contributed by atoms with E-state index >= 15 is 0 Å². The summed E-state index contributed by atoms with van der Waals surface area (Å²) in [5.74, 6) is 1.37. The molecule has 0 N–H and O–H groups in total. The van der Waals surface area contributed by atoms with Crippen LogP contribution in [0.15, 0.2) is 54.6 Å². The SMILES string of the molecule is CCC(=CF)COc1ccc(-c2ncccn2)cc1. The Kier molecular flexibility index (Phi) is 4.61. The lowest BCUT2D eigenvalue weighted by molar-refractivity contribution is 0.345. The zero-order valence-corrected chi connectivity index (χ0v) is 10.7. The van der Waals surface area contributed by atoms with Gasteiger partial charge in [-0.15, -0.1) is 0 Å². The number of benzene rings is 1. The first kappa shape index (κ1) is 13.2. The van der Waals surface area contributed by atoms with Gasteiger partial charge >= 0.3 is 0 Å². The highest BCUT2D eigenvalue weighted by Gasteiger charge is 2.01. The van der Waals surface area contributed by atoms with Gasteiger partial charge in [-0.1, -0.05) is 6.92 Å². The third-order valence-electron chi connectivity index (χ3n) is 2.71. The molecule has 1 aromatic heterocycles. The van der Waals surface area contributed by atoms with E-state index in [2.05, 4.69) is 9.97 Å². The largest absolute Gasteiger partial charge is 0.489 e. The van der Waals surface area contributed by atoms with E-state index in [4.69, 9.17) is 4.74 Å². The summed E-state index contributed by atoms with van der Waals surface area (Å²) in [5, 5.41) is 0. The summed E-state index contributed by atoms with van der Waals surface area (Å²) in [5.41, 5.74) is 1.56. The van der Waals surface area contributed by atoms with Crippen LogP contribution >= 0.6 is 0 Å². The van der Waals surface area contributed by atoms with Gasteiger partial charge in [0.15, 0.2) is 5.82 Å². The van der Waals surface area contributed by atoms with Crippen molar-refractivity contribution in [2.24, 2.45) is 0 Å². The molecule has 0 fully saturated rings. The summed E-state index contributed by atoms with van der Waals surface area (Å²) >= 11 is 0. The minimum atomic E-state index is 0.272. The molecule has 0 aliphatic rings. The molecule has 0 aliphatic heterocycles. The van der Waals surface area contributed by atoms with Crippen LogP contribution in [0.2, 0.25) is 0 Å². The molecular formula is C15H15FN2O. The smallest absolute Gasteiger partial charge is 0.159 e.